The van der Waals surface area contributed by atoms with Crippen molar-refractivity contribution in [2.75, 3.05) is 4.90 Å². The van der Waals surface area contributed by atoms with Crippen molar-refractivity contribution in [2.45, 2.75) is 90.4 Å². The standard InChI is InChI=1S/C20H31N3O5/c1-19(2,3)27-17(25)23(18(26)28-20(4,5)6)16-12-21-15(11-22-16)13-7-9-14(24)10-8-13/h11-14,24H,7-10H2,1-6H3/t13-,14-. The normalized spacial score (nSPS) is 20.4. The summed E-state index contributed by atoms with van der Waals surface area (Å²) in [6, 6.07) is 0. The highest BCUT2D eigenvalue weighted by atomic mass is 16.6. The zero-order valence-electron chi connectivity index (χ0n) is 17.6. The summed E-state index contributed by atoms with van der Waals surface area (Å²) in [5.74, 6) is 0.254. The fourth-order valence-electron chi connectivity index (χ4n) is 2.91. The number of hydrogen-bond acceptors (Lipinski definition) is 7. The van der Waals surface area contributed by atoms with Crippen molar-refractivity contribution in [1.82, 2.24) is 9.97 Å². The van der Waals surface area contributed by atoms with Crippen LogP contribution in [0.5, 0.6) is 0 Å². The Balaban J connectivity index is 2.24. The molecular weight excluding hydrogens is 362 g/mol. The lowest BCUT2D eigenvalue weighted by Gasteiger charge is -2.28. The van der Waals surface area contributed by atoms with Crippen LogP contribution in [0.1, 0.15) is 78.8 Å². The van der Waals surface area contributed by atoms with Gasteiger partial charge < -0.3 is 14.6 Å². The zero-order chi connectivity index (χ0) is 21.1. The van der Waals surface area contributed by atoms with E-state index >= 15 is 0 Å². The molecule has 0 aliphatic heterocycles. The van der Waals surface area contributed by atoms with Crippen LogP contribution in [0.25, 0.3) is 0 Å². The predicted molar refractivity (Wildman–Crippen MR) is 104 cm³/mol. The number of nitrogens with zero attached hydrogens (tertiary/aromatic N) is 3. The monoisotopic (exact) mass is 393 g/mol. The van der Waals surface area contributed by atoms with Gasteiger partial charge in [-0.15, -0.1) is 0 Å². The molecule has 0 bridgehead atoms. The van der Waals surface area contributed by atoms with E-state index in [4.69, 9.17) is 9.47 Å². The average Bonchev–Trinajstić information content (AvgIpc) is 2.53. The number of imide groups is 1. The van der Waals surface area contributed by atoms with Gasteiger partial charge in [-0.25, -0.2) is 14.6 Å². The van der Waals surface area contributed by atoms with Gasteiger partial charge in [0.25, 0.3) is 0 Å². The SMILES string of the molecule is CC(C)(C)OC(=O)N(C(=O)OC(C)(C)C)c1cnc([C@H]2CC[C@H](O)CC2)cn1. The molecule has 0 spiro atoms. The van der Waals surface area contributed by atoms with Crippen molar-refractivity contribution in [3.05, 3.63) is 18.1 Å². The molecule has 2 amide bonds. The van der Waals surface area contributed by atoms with E-state index in [1.165, 1.54) is 6.20 Å². The molecule has 1 fully saturated rings. The van der Waals surface area contributed by atoms with Crippen LogP contribution < -0.4 is 4.90 Å². The molecule has 1 saturated carbocycles. The molecule has 1 aliphatic carbocycles. The molecule has 2 rings (SSSR count). The Labute approximate surface area is 166 Å². The van der Waals surface area contributed by atoms with E-state index < -0.39 is 23.4 Å². The third-order valence-corrected chi connectivity index (χ3v) is 4.15. The Morgan fingerprint density at radius 3 is 1.82 bits per heavy atom. The minimum atomic E-state index is -0.871. The number of amides is 2. The number of carbonyl (C=O) groups is 2. The van der Waals surface area contributed by atoms with E-state index in [9.17, 15) is 14.7 Å². The van der Waals surface area contributed by atoms with E-state index in [1.807, 2.05) is 0 Å². The lowest BCUT2D eigenvalue weighted by atomic mass is 9.85. The highest BCUT2D eigenvalue weighted by molar-refractivity contribution is 6.08. The number of anilines is 1. The quantitative estimate of drug-likeness (QED) is 0.804. The molecule has 156 valence electrons. The highest BCUT2D eigenvalue weighted by Crippen LogP contribution is 2.32. The average molecular weight is 393 g/mol. The fourth-order valence-corrected chi connectivity index (χ4v) is 2.91. The number of hydrogen-bond donors (Lipinski definition) is 1. The summed E-state index contributed by atoms with van der Waals surface area (Å²) >= 11 is 0. The molecule has 1 aliphatic rings. The van der Waals surface area contributed by atoms with Crippen LogP contribution in [0.15, 0.2) is 12.4 Å². The molecule has 0 saturated heterocycles. The Morgan fingerprint density at radius 2 is 1.43 bits per heavy atom. The van der Waals surface area contributed by atoms with Crippen LogP contribution in [-0.4, -0.2) is 44.6 Å². The summed E-state index contributed by atoms with van der Waals surface area (Å²) in [6.07, 6.45) is 4.08. The Bertz CT molecular complexity index is 655. The van der Waals surface area contributed by atoms with Crippen LogP contribution in [0, 0.1) is 0 Å². The molecule has 1 aromatic rings. The molecule has 0 radical (unpaired) electrons. The van der Waals surface area contributed by atoms with E-state index in [2.05, 4.69) is 9.97 Å². The topological polar surface area (TPSA) is 102 Å². The summed E-state index contributed by atoms with van der Waals surface area (Å²) in [6.45, 7) is 10.3. The van der Waals surface area contributed by atoms with Crippen molar-refractivity contribution < 1.29 is 24.2 Å². The predicted octanol–water partition coefficient (Wildman–Crippen LogP) is 4.17. The molecule has 1 aromatic heterocycles. The molecule has 8 nitrogen and oxygen atoms in total. The molecule has 28 heavy (non-hydrogen) atoms. The number of rotatable bonds is 2. The van der Waals surface area contributed by atoms with Crippen LogP contribution in [0.3, 0.4) is 0 Å². The Kier molecular flexibility index (Phi) is 6.64. The first-order chi connectivity index (χ1) is 12.9. The largest absolute Gasteiger partial charge is 0.443 e. The number of aliphatic hydroxyl groups is 1. The summed E-state index contributed by atoms with van der Waals surface area (Å²) in [7, 11) is 0. The molecule has 8 heteroatoms. The molecule has 0 atom stereocenters. The third-order valence-electron chi connectivity index (χ3n) is 4.15. The van der Waals surface area contributed by atoms with Gasteiger partial charge >= 0.3 is 12.2 Å². The van der Waals surface area contributed by atoms with Gasteiger partial charge in [-0.1, -0.05) is 0 Å². The van der Waals surface area contributed by atoms with Gasteiger partial charge in [-0.05, 0) is 67.2 Å². The van der Waals surface area contributed by atoms with Gasteiger partial charge in [-0.3, -0.25) is 4.98 Å². The highest BCUT2D eigenvalue weighted by Gasteiger charge is 2.34. The number of aliphatic hydroxyl groups excluding tert-OH is 1. The molecule has 0 aromatic carbocycles. The van der Waals surface area contributed by atoms with Crippen LogP contribution >= 0.6 is 0 Å². The number of carbonyl (C=O) groups excluding carboxylic acids is 2. The second-order valence-electron chi connectivity index (χ2n) is 9.10. The number of ether oxygens (including phenoxy) is 2. The fraction of sp³-hybridized carbons (Fsp3) is 0.700. The second kappa shape index (κ2) is 8.43. The van der Waals surface area contributed by atoms with Gasteiger partial charge in [0.05, 0.1) is 24.2 Å². The van der Waals surface area contributed by atoms with Crippen molar-refractivity contribution in [1.29, 1.82) is 0 Å². The lowest BCUT2D eigenvalue weighted by Crippen LogP contribution is -2.44. The first-order valence-electron chi connectivity index (χ1n) is 9.62. The molecule has 1 N–H and O–H groups in total. The van der Waals surface area contributed by atoms with Gasteiger partial charge in [0.2, 0.25) is 0 Å². The van der Waals surface area contributed by atoms with Crippen molar-refractivity contribution in [3.63, 3.8) is 0 Å². The van der Waals surface area contributed by atoms with Crippen molar-refractivity contribution >= 4 is 18.0 Å². The van der Waals surface area contributed by atoms with Gasteiger partial charge in [0, 0.05) is 5.92 Å². The summed E-state index contributed by atoms with van der Waals surface area (Å²) in [5, 5.41) is 9.65. The smallest absolute Gasteiger partial charge is 0.425 e. The summed E-state index contributed by atoms with van der Waals surface area (Å²) in [5.41, 5.74) is -0.787. The number of aromatic nitrogens is 2. The van der Waals surface area contributed by atoms with Crippen LogP contribution in [-0.2, 0) is 9.47 Å². The minimum Gasteiger partial charge on any atom is -0.443 e. The lowest BCUT2D eigenvalue weighted by molar-refractivity contribution is 0.0428. The first-order valence-corrected chi connectivity index (χ1v) is 9.62. The zero-order valence-corrected chi connectivity index (χ0v) is 17.6. The third kappa shape index (κ3) is 6.44. The maximum atomic E-state index is 12.6. The maximum Gasteiger partial charge on any atom is 0.425 e. The second-order valence-corrected chi connectivity index (χ2v) is 9.10. The van der Waals surface area contributed by atoms with E-state index in [-0.39, 0.29) is 17.8 Å². The Morgan fingerprint density at radius 1 is 0.929 bits per heavy atom. The van der Waals surface area contributed by atoms with E-state index in [0.29, 0.717) is 0 Å². The summed E-state index contributed by atoms with van der Waals surface area (Å²) in [4.78, 5) is 34.7. The van der Waals surface area contributed by atoms with Crippen molar-refractivity contribution in [2.24, 2.45) is 0 Å². The van der Waals surface area contributed by atoms with Gasteiger partial charge in [-0.2, -0.15) is 4.90 Å². The van der Waals surface area contributed by atoms with Crippen LogP contribution in [0.4, 0.5) is 15.4 Å². The van der Waals surface area contributed by atoms with Crippen LogP contribution in [0.2, 0.25) is 0 Å². The van der Waals surface area contributed by atoms with E-state index in [1.54, 1.807) is 47.7 Å². The molecule has 1 heterocycles. The van der Waals surface area contributed by atoms with Gasteiger partial charge in [0.1, 0.15) is 11.2 Å². The first kappa shape index (κ1) is 22.1. The molecular formula is C20H31N3O5. The summed E-state index contributed by atoms with van der Waals surface area (Å²) < 4.78 is 10.7. The maximum absolute atomic E-state index is 12.6. The van der Waals surface area contributed by atoms with Crippen molar-refractivity contribution in [3.8, 4) is 0 Å². The van der Waals surface area contributed by atoms with Gasteiger partial charge in [0.15, 0.2) is 5.82 Å². The van der Waals surface area contributed by atoms with E-state index in [0.717, 1.165) is 36.3 Å². The minimum absolute atomic E-state index is 0.0445. The molecule has 0 unspecified atom stereocenters. The Hall–Kier alpha value is -2.22.